The van der Waals surface area contributed by atoms with Crippen LogP contribution in [0.4, 0.5) is 0 Å². The summed E-state index contributed by atoms with van der Waals surface area (Å²) in [6, 6.07) is 0. The first-order valence-corrected chi connectivity index (χ1v) is 23.9. The van der Waals surface area contributed by atoms with Crippen molar-refractivity contribution in [3.05, 3.63) is 109 Å². The smallest absolute Gasteiger partial charge is 0.306 e. The predicted octanol–water partition coefficient (Wildman–Crippen LogP) is 15.3. The van der Waals surface area contributed by atoms with E-state index in [1.807, 2.05) is 6.92 Å². The fourth-order valence-corrected chi connectivity index (χ4v) is 6.56. The fourth-order valence-electron chi connectivity index (χ4n) is 6.56. The van der Waals surface area contributed by atoms with E-state index in [9.17, 15) is 14.4 Å². The number of cyclic esters (lactones) is 3. The van der Waals surface area contributed by atoms with Crippen molar-refractivity contribution in [2.75, 3.05) is 0 Å². The van der Waals surface area contributed by atoms with E-state index in [4.69, 9.17) is 14.2 Å². The molecule has 6 nitrogen and oxygen atoms in total. The minimum atomic E-state index is -0.0505. The standard InChI is InChI=1S/3C18H28O2/c1-17-15-13-11-9-7-5-3-2-4-6-8-10-12-14-16-18(19)20-17;1-2-17-15-13-11-9-7-5-3-4-6-8-10-12-14-16-18(19)20-17;1-2-14-17-15-12-10-8-6-4-3-5-7-9-11-13-16-18(19)20-17/h2-3,7-10,17H,4-6,11-16H2,1H3;3,5,8-11,17H,2,4,6-7,12-16H2,1H3;4,6-7,9-10,12,17H,2-3,5,8,11,13-16H2,1H3/b3-2-,9-7-,10-8-;5-3-,10-8-,11-9-;6-4-,9-7-,12-10-. The van der Waals surface area contributed by atoms with Crippen LogP contribution < -0.4 is 0 Å². The average molecular weight is 829 g/mol. The Morgan fingerprint density at radius 3 is 1.25 bits per heavy atom. The predicted molar refractivity (Wildman–Crippen MR) is 254 cm³/mol. The van der Waals surface area contributed by atoms with E-state index in [1.54, 1.807) is 0 Å². The molecule has 3 unspecified atom stereocenters. The van der Waals surface area contributed by atoms with Crippen LogP contribution in [0, 0.1) is 0 Å². The average Bonchev–Trinajstić information content (AvgIpc) is 3.23. The van der Waals surface area contributed by atoms with Gasteiger partial charge in [0.1, 0.15) is 12.2 Å². The maximum absolute atomic E-state index is 11.8. The second-order valence-corrected chi connectivity index (χ2v) is 15.8. The normalized spacial score (nSPS) is 28.1. The number of hydrogen-bond donors (Lipinski definition) is 0. The number of esters is 3. The van der Waals surface area contributed by atoms with Gasteiger partial charge in [0, 0.05) is 25.7 Å². The van der Waals surface area contributed by atoms with Gasteiger partial charge in [-0.2, -0.15) is 0 Å². The Balaban J connectivity index is 0.000000450. The quantitative estimate of drug-likeness (QED) is 0.160. The summed E-state index contributed by atoms with van der Waals surface area (Å²) in [5, 5.41) is 0. The van der Waals surface area contributed by atoms with Crippen LogP contribution in [-0.4, -0.2) is 36.2 Å². The summed E-state index contributed by atoms with van der Waals surface area (Å²) in [5.41, 5.74) is 0. The summed E-state index contributed by atoms with van der Waals surface area (Å²) in [7, 11) is 0. The van der Waals surface area contributed by atoms with Gasteiger partial charge in [0.05, 0.1) is 6.10 Å². The largest absolute Gasteiger partial charge is 0.463 e. The summed E-state index contributed by atoms with van der Waals surface area (Å²) >= 11 is 0. The highest BCUT2D eigenvalue weighted by Crippen LogP contribution is 2.14. The second-order valence-electron chi connectivity index (χ2n) is 15.8. The molecule has 0 aromatic rings. The van der Waals surface area contributed by atoms with Gasteiger partial charge in [-0.1, -0.05) is 130 Å². The van der Waals surface area contributed by atoms with Crippen LogP contribution in [-0.2, 0) is 28.6 Å². The van der Waals surface area contributed by atoms with Gasteiger partial charge in [-0.25, -0.2) is 0 Å². The number of ether oxygens (including phenoxy) is 3. The third kappa shape index (κ3) is 37.1. The number of carbonyl (C=O) groups is 3. The molecule has 0 saturated heterocycles. The van der Waals surface area contributed by atoms with Gasteiger partial charge in [0.15, 0.2) is 0 Å². The second kappa shape index (κ2) is 41.8. The van der Waals surface area contributed by atoms with E-state index in [2.05, 4.69) is 123 Å². The van der Waals surface area contributed by atoms with Crippen molar-refractivity contribution < 1.29 is 28.6 Å². The molecular weight excluding hydrogens is 745 g/mol. The maximum Gasteiger partial charge on any atom is 0.306 e. The van der Waals surface area contributed by atoms with Crippen molar-refractivity contribution in [2.45, 2.75) is 212 Å². The summed E-state index contributed by atoms with van der Waals surface area (Å²) < 4.78 is 16.5. The minimum absolute atomic E-state index is 0.0415. The highest BCUT2D eigenvalue weighted by molar-refractivity contribution is 5.70. The van der Waals surface area contributed by atoms with Crippen LogP contribution in [0.5, 0.6) is 0 Å². The number of allylic oxidation sites excluding steroid dienone is 17. The molecule has 3 atom stereocenters. The number of rotatable bonds is 3. The van der Waals surface area contributed by atoms with Crippen molar-refractivity contribution in [2.24, 2.45) is 0 Å². The summed E-state index contributed by atoms with van der Waals surface area (Å²) in [4.78, 5) is 35.1. The van der Waals surface area contributed by atoms with Gasteiger partial charge < -0.3 is 14.2 Å². The van der Waals surface area contributed by atoms with E-state index in [1.165, 1.54) is 0 Å². The number of hydrogen-bond acceptors (Lipinski definition) is 6. The van der Waals surface area contributed by atoms with Gasteiger partial charge in [-0.15, -0.1) is 0 Å². The first-order chi connectivity index (χ1) is 29.4. The molecule has 60 heavy (non-hydrogen) atoms. The van der Waals surface area contributed by atoms with Gasteiger partial charge in [-0.3, -0.25) is 14.4 Å². The molecule has 0 fully saturated rings. The van der Waals surface area contributed by atoms with Crippen LogP contribution in [0.3, 0.4) is 0 Å². The van der Waals surface area contributed by atoms with Crippen molar-refractivity contribution in [3.63, 3.8) is 0 Å². The Kier molecular flexibility index (Phi) is 37.7. The molecule has 0 N–H and O–H groups in total. The van der Waals surface area contributed by atoms with Crippen molar-refractivity contribution in [3.8, 4) is 0 Å². The van der Waals surface area contributed by atoms with Gasteiger partial charge in [-0.05, 0) is 148 Å². The molecule has 0 saturated carbocycles. The van der Waals surface area contributed by atoms with E-state index < -0.39 is 0 Å². The molecule has 0 radical (unpaired) electrons. The topological polar surface area (TPSA) is 78.9 Å². The SMILES string of the molecule is CC1CCC/C=C\C/C=C\CC/C=C\CCCC(=O)O1.CCC1CC/C=C\C/C=C\CC/C=C\CCCC(=O)O1.CCCC1C/C=C\C/C=C\CC/C=C\CCCC(=O)O1. The highest BCUT2D eigenvalue weighted by atomic mass is 16.5. The number of carbonyl (C=O) groups excluding carboxylic acids is 3. The molecule has 0 spiro atoms. The molecule has 0 aromatic carbocycles. The minimum Gasteiger partial charge on any atom is -0.463 e. The summed E-state index contributed by atoms with van der Waals surface area (Å²) in [6.07, 6.45) is 65.3. The van der Waals surface area contributed by atoms with Crippen LogP contribution in [0.25, 0.3) is 0 Å². The Morgan fingerprint density at radius 2 is 0.783 bits per heavy atom. The summed E-state index contributed by atoms with van der Waals surface area (Å²) in [6.45, 7) is 6.20. The van der Waals surface area contributed by atoms with Crippen LogP contribution in [0.2, 0.25) is 0 Å². The zero-order valence-corrected chi connectivity index (χ0v) is 38.2. The molecule has 0 aromatic heterocycles. The third-order valence-electron chi connectivity index (χ3n) is 10.1. The van der Waals surface area contributed by atoms with Crippen LogP contribution in [0.15, 0.2) is 109 Å². The third-order valence-corrected chi connectivity index (χ3v) is 10.1. The lowest BCUT2D eigenvalue weighted by atomic mass is 10.1. The van der Waals surface area contributed by atoms with E-state index in [0.29, 0.717) is 19.3 Å². The molecule has 0 bridgehead atoms. The molecule has 3 heterocycles. The molecule has 3 aliphatic heterocycles. The Bertz CT molecular complexity index is 1340. The van der Waals surface area contributed by atoms with Gasteiger partial charge in [0.25, 0.3) is 0 Å². The first-order valence-electron chi connectivity index (χ1n) is 23.9. The molecule has 0 amide bonds. The lowest BCUT2D eigenvalue weighted by Gasteiger charge is -2.15. The zero-order valence-electron chi connectivity index (χ0n) is 38.2. The zero-order chi connectivity index (χ0) is 43.4. The molecule has 0 aliphatic carbocycles. The first kappa shape index (κ1) is 54.1. The van der Waals surface area contributed by atoms with Crippen molar-refractivity contribution in [1.82, 2.24) is 0 Å². The molecule has 3 aliphatic rings. The maximum atomic E-state index is 11.8. The van der Waals surface area contributed by atoms with E-state index in [-0.39, 0.29) is 36.2 Å². The Morgan fingerprint density at radius 1 is 0.417 bits per heavy atom. The Labute approximate surface area is 367 Å². The van der Waals surface area contributed by atoms with E-state index in [0.717, 1.165) is 154 Å². The van der Waals surface area contributed by atoms with E-state index >= 15 is 0 Å². The summed E-state index contributed by atoms with van der Waals surface area (Å²) in [5.74, 6) is -0.136. The lowest BCUT2D eigenvalue weighted by Crippen LogP contribution is -2.17. The van der Waals surface area contributed by atoms with Gasteiger partial charge in [0.2, 0.25) is 0 Å². The lowest BCUT2D eigenvalue weighted by molar-refractivity contribution is -0.150. The van der Waals surface area contributed by atoms with Gasteiger partial charge >= 0.3 is 17.9 Å². The van der Waals surface area contributed by atoms with Crippen LogP contribution >= 0.6 is 0 Å². The van der Waals surface area contributed by atoms with Crippen molar-refractivity contribution in [1.29, 1.82) is 0 Å². The molecular formula is C54H84O6. The Hall–Kier alpha value is -3.93. The monoisotopic (exact) mass is 829 g/mol. The fraction of sp³-hybridized carbons (Fsp3) is 0.611. The van der Waals surface area contributed by atoms with Crippen molar-refractivity contribution >= 4 is 17.9 Å². The molecule has 336 valence electrons. The molecule has 6 heteroatoms. The molecule has 3 rings (SSSR count). The van der Waals surface area contributed by atoms with Crippen LogP contribution in [0.1, 0.15) is 194 Å². The highest BCUT2D eigenvalue weighted by Gasteiger charge is 2.13.